The third-order valence-corrected chi connectivity index (χ3v) is 15.5. The van der Waals surface area contributed by atoms with Crippen molar-refractivity contribution in [2.24, 2.45) is 23.7 Å². The third kappa shape index (κ3) is 5.58. The van der Waals surface area contributed by atoms with E-state index in [1.807, 2.05) is 30.0 Å². The zero-order chi connectivity index (χ0) is 40.1. The van der Waals surface area contributed by atoms with E-state index in [0.29, 0.717) is 29.3 Å². The van der Waals surface area contributed by atoms with Crippen LogP contribution in [-0.4, -0.2) is 15.0 Å². The Kier molecular flexibility index (Phi) is 7.96. The molecular weight excluding hydrogens is 765 g/mol. The van der Waals surface area contributed by atoms with E-state index in [1.165, 1.54) is 75.5 Å². The van der Waals surface area contributed by atoms with Crippen molar-refractivity contribution >= 4 is 28.8 Å². The molecule has 7 aromatic carbocycles. The number of benzene rings is 7. The molecule has 14 rings (SSSR count). The van der Waals surface area contributed by atoms with Crippen molar-refractivity contribution < 1.29 is 4.74 Å². The molecule has 0 unspecified atom stereocenters. The van der Waals surface area contributed by atoms with Crippen LogP contribution in [0.1, 0.15) is 43.2 Å². The smallest absolute Gasteiger partial charge is 0.164 e. The Bertz CT molecular complexity index is 2930. The summed E-state index contributed by atoms with van der Waals surface area (Å²) in [7, 11) is 0. The Hall–Kier alpha value is -6.50. The molecule has 4 saturated carbocycles. The van der Waals surface area contributed by atoms with Gasteiger partial charge in [0.1, 0.15) is 11.5 Å². The van der Waals surface area contributed by atoms with Crippen LogP contribution in [0.25, 0.3) is 45.3 Å². The summed E-state index contributed by atoms with van der Waals surface area (Å²) in [5.74, 6) is 7.14. The normalized spacial score (nSPS) is 22.5. The van der Waals surface area contributed by atoms with Gasteiger partial charge in [0, 0.05) is 48.7 Å². The van der Waals surface area contributed by atoms with Gasteiger partial charge in [0.2, 0.25) is 0 Å². The van der Waals surface area contributed by atoms with Gasteiger partial charge in [-0.05, 0) is 134 Å². The monoisotopic (exact) mass is 806 g/mol. The molecule has 0 atom stereocenters. The van der Waals surface area contributed by atoms with Crippen LogP contribution in [0.15, 0.2) is 180 Å². The highest BCUT2D eigenvalue weighted by molar-refractivity contribution is 7.99. The number of nitrogens with zero attached hydrogens (tertiary/aromatic N) is 4. The van der Waals surface area contributed by atoms with Gasteiger partial charge < -0.3 is 9.64 Å². The van der Waals surface area contributed by atoms with Crippen molar-refractivity contribution in [2.75, 3.05) is 4.90 Å². The molecule has 4 aliphatic carbocycles. The number of anilines is 3. The number of fused-ring (bicyclic) bond motifs is 4. The molecule has 1 aromatic heterocycles. The minimum Gasteiger partial charge on any atom is -0.457 e. The molecule has 5 nitrogen and oxygen atoms in total. The summed E-state index contributed by atoms with van der Waals surface area (Å²) >= 11 is 1.82. The summed E-state index contributed by atoms with van der Waals surface area (Å²) in [6, 6.07) is 60.7. The number of hydrogen-bond donors (Lipinski definition) is 0. The second-order valence-electron chi connectivity index (χ2n) is 17.7. The van der Waals surface area contributed by atoms with E-state index in [4.69, 9.17) is 19.7 Å². The van der Waals surface area contributed by atoms with E-state index < -0.39 is 0 Å². The Morgan fingerprint density at radius 2 is 0.934 bits per heavy atom. The minimum atomic E-state index is 0.0166. The fraction of sp³-hybridized carbons (Fsp3) is 0.182. The van der Waals surface area contributed by atoms with Gasteiger partial charge in [0.15, 0.2) is 17.5 Å². The third-order valence-electron chi connectivity index (χ3n) is 14.4. The number of ether oxygens (including phenoxy) is 1. The molecule has 4 bridgehead atoms. The van der Waals surface area contributed by atoms with Crippen LogP contribution in [0.4, 0.5) is 17.1 Å². The van der Waals surface area contributed by atoms with Crippen LogP contribution >= 0.6 is 11.8 Å². The van der Waals surface area contributed by atoms with E-state index in [1.54, 1.807) is 0 Å². The maximum absolute atomic E-state index is 6.71. The first-order chi connectivity index (χ1) is 30.2. The summed E-state index contributed by atoms with van der Waals surface area (Å²) < 4.78 is 6.71. The SMILES string of the molecule is c1ccc(-c2nc(-c3ccc(-c4ccc5c(c4)C4(c6ccccc6O5)C5CC6CC(C5)CC4C6)cc3)nc(-c3ccc(N4c5ccccc5Sc5ccccc54)cc3)n2)cc1. The molecule has 0 saturated heterocycles. The van der Waals surface area contributed by atoms with Gasteiger partial charge in [-0.1, -0.05) is 115 Å². The summed E-state index contributed by atoms with van der Waals surface area (Å²) in [6.07, 6.45) is 6.78. The molecule has 8 aromatic rings. The van der Waals surface area contributed by atoms with Gasteiger partial charge in [-0.25, -0.2) is 15.0 Å². The first-order valence-electron chi connectivity index (χ1n) is 21.8. The average molecular weight is 807 g/mol. The Balaban J connectivity index is 0.862. The topological polar surface area (TPSA) is 51.1 Å². The van der Waals surface area contributed by atoms with Crippen LogP contribution in [0.3, 0.4) is 0 Å². The van der Waals surface area contributed by atoms with E-state index in [0.717, 1.165) is 45.7 Å². The quantitative estimate of drug-likeness (QED) is 0.173. The number of para-hydroxylation sites is 3. The van der Waals surface area contributed by atoms with Crippen molar-refractivity contribution in [3.8, 4) is 56.8 Å². The number of aromatic nitrogens is 3. The highest BCUT2D eigenvalue weighted by Crippen LogP contribution is 2.69. The predicted molar refractivity (Wildman–Crippen MR) is 245 cm³/mol. The standard InChI is InChI=1S/C55H42N4OS/c1-2-10-37(11-3-1)52-56-53(58-54(57-52)39-22-25-43(26-23-39)59-46-13-5-8-16-50(46)61-51-17-9-6-14-47(51)59)38-20-18-36(19-21-38)40-24-27-49-45(33-40)55(44-12-4-7-15-48(44)60-49)41-29-34-28-35(31-41)32-42(55)30-34/h1-27,33-35,41-42H,28-32H2. The molecular formula is C55H42N4OS. The Morgan fingerprint density at radius 1 is 0.443 bits per heavy atom. The molecule has 6 aliphatic rings. The zero-order valence-electron chi connectivity index (χ0n) is 33.6. The van der Waals surface area contributed by atoms with Crippen LogP contribution in [0, 0.1) is 23.7 Å². The van der Waals surface area contributed by atoms with E-state index >= 15 is 0 Å². The molecule has 294 valence electrons. The molecule has 0 radical (unpaired) electrons. The van der Waals surface area contributed by atoms with Crippen molar-refractivity contribution in [3.63, 3.8) is 0 Å². The van der Waals surface area contributed by atoms with E-state index in [-0.39, 0.29) is 5.41 Å². The second-order valence-corrected chi connectivity index (χ2v) is 18.7. The molecule has 0 amide bonds. The van der Waals surface area contributed by atoms with E-state index in [9.17, 15) is 0 Å². The highest BCUT2D eigenvalue weighted by Gasteiger charge is 2.61. The van der Waals surface area contributed by atoms with Gasteiger partial charge in [-0.15, -0.1) is 0 Å². The first kappa shape index (κ1) is 35.3. The van der Waals surface area contributed by atoms with Crippen LogP contribution < -0.4 is 9.64 Å². The zero-order valence-corrected chi connectivity index (χ0v) is 34.4. The van der Waals surface area contributed by atoms with Gasteiger partial charge in [-0.3, -0.25) is 0 Å². The van der Waals surface area contributed by atoms with Gasteiger partial charge in [0.05, 0.1) is 11.4 Å². The first-order valence-corrected chi connectivity index (χ1v) is 22.6. The largest absolute Gasteiger partial charge is 0.457 e. The van der Waals surface area contributed by atoms with Gasteiger partial charge in [0.25, 0.3) is 0 Å². The minimum absolute atomic E-state index is 0.0166. The number of rotatable bonds is 5. The lowest BCUT2D eigenvalue weighted by Crippen LogP contribution is -2.56. The molecule has 3 heterocycles. The lowest BCUT2D eigenvalue weighted by molar-refractivity contribution is -0.0452. The molecule has 1 spiro atoms. The van der Waals surface area contributed by atoms with Crippen LogP contribution in [-0.2, 0) is 5.41 Å². The summed E-state index contributed by atoms with van der Waals surface area (Å²) in [6.45, 7) is 0. The van der Waals surface area contributed by atoms with E-state index in [2.05, 4.69) is 157 Å². The fourth-order valence-corrected chi connectivity index (χ4v) is 13.1. The van der Waals surface area contributed by atoms with Crippen molar-refractivity contribution in [3.05, 3.63) is 181 Å². The van der Waals surface area contributed by atoms with Gasteiger partial charge >= 0.3 is 0 Å². The van der Waals surface area contributed by atoms with Crippen molar-refractivity contribution in [1.82, 2.24) is 15.0 Å². The maximum Gasteiger partial charge on any atom is 0.164 e. The summed E-state index contributed by atoms with van der Waals surface area (Å²) in [5, 5.41) is 0. The van der Waals surface area contributed by atoms with Crippen LogP contribution in [0.2, 0.25) is 0 Å². The second kappa shape index (κ2) is 13.8. The van der Waals surface area contributed by atoms with Crippen molar-refractivity contribution in [2.45, 2.75) is 47.3 Å². The Morgan fingerprint density at radius 3 is 1.57 bits per heavy atom. The highest BCUT2D eigenvalue weighted by atomic mass is 32.2. The Labute approximate surface area is 360 Å². The fourth-order valence-electron chi connectivity index (χ4n) is 12.0. The summed E-state index contributed by atoms with van der Waals surface area (Å²) in [5.41, 5.74) is 11.5. The molecule has 4 fully saturated rings. The number of hydrogen-bond acceptors (Lipinski definition) is 6. The van der Waals surface area contributed by atoms with Gasteiger partial charge in [-0.2, -0.15) is 0 Å². The predicted octanol–water partition coefficient (Wildman–Crippen LogP) is 14.3. The maximum atomic E-state index is 6.71. The lowest BCUT2D eigenvalue weighted by atomic mass is 9.41. The van der Waals surface area contributed by atoms with Crippen LogP contribution in [0.5, 0.6) is 11.5 Å². The summed E-state index contributed by atoms with van der Waals surface area (Å²) in [4.78, 5) is 20.1. The lowest BCUT2D eigenvalue weighted by Gasteiger charge is -2.63. The molecule has 2 aliphatic heterocycles. The molecule has 6 heteroatoms. The van der Waals surface area contributed by atoms with Crippen molar-refractivity contribution in [1.29, 1.82) is 0 Å². The molecule has 0 N–H and O–H groups in total. The molecule has 61 heavy (non-hydrogen) atoms. The average Bonchev–Trinajstić information content (AvgIpc) is 3.32.